The Bertz CT molecular complexity index is 379. The van der Waals surface area contributed by atoms with Crippen molar-refractivity contribution < 1.29 is 9.53 Å². The summed E-state index contributed by atoms with van der Waals surface area (Å²) in [4.78, 5) is 11.5. The van der Waals surface area contributed by atoms with E-state index in [2.05, 4.69) is 23.7 Å². The van der Waals surface area contributed by atoms with Gasteiger partial charge in [0.1, 0.15) is 0 Å². The van der Waals surface area contributed by atoms with Crippen molar-refractivity contribution in [3.05, 3.63) is 22.4 Å². The maximum atomic E-state index is 11.5. The summed E-state index contributed by atoms with van der Waals surface area (Å²) in [5.41, 5.74) is 1.23. The van der Waals surface area contributed by atoms with Crippen molar-refractivity contribution >= 4 is 17.4 Å². The van der Waals surface area contributed by atoms with Gasteiger partial charge in [0.15, 0.2) is 0 Å². The topological polar surface area (TPSA) is 38.3 Å². The number of hydrogen-bond acceptors (Lipinski definition) is 3. The van der Waals surface area contributed by atoms with E-state index < -0.39 is 0 Å². The molecule has 0 atom stereocenters. The summed E-state index contributed by atoms with van der Waals surface area (Å²) in [7, 11) is 0. The molecule has 3 nitrogen and oxygen atoms in total. The van der Waals surface area contributed by atoms with Crippen molar-refractivity contribution in [1.82, 2.24) is 5.32 Å². The van der Waals surface area contributed by atoms with Gasteiger partial charge in [0, 0.05) is 13.0 Å². The standard InChI is InChI=1S/C19H33NO2S/c1-2-3-4-5-6-7-8-9-10-11-14-20-19(21)22-15-12-18-13-16-23-17-18/h13,16-17H,2-12,14-15H2,1H3,(H,20,21). The van der Waals surface area contributed by atoms with Gasteiger partial charge < -0.3 is 10.1 Å². The number of ether oxygens (including phenoxy) is 1. The molecule has 0 aliphatic rings. The lowest BCUT2D eigenvalue weighted by Crippen LogP contribution is -2.26. The van der Waals surface area contributed by atoms with E-state index in [1.165, 1.54) is 63.4 Å². The summed E-state index contributed by atoms with van der Waals surface area (Å²) in [6.45, 7) is 3.45. The Morgan fingerprint density at radius 2 is 1.70 bits per heavy atom. The van der Waals surface area contributed by atoms with Crippen LogP contribution in [-0.4, -0.2) is 19.2 Å². The van der Waals surface area contributed by atoms with E-state index in [4.69, 9.17) is 4.74 Å². The number of amides is 1. The highest BCUT2D eigenvalue weighted by Gasteiger charge is 2.01. The average molecular weight is 340 g/mol. The lowest BCUT2D eigenvalue weighted by atomic mass is 10.1. The lowest BCUT2D eigenvalue weighted by molar-refractivity contribution is 0.147. The molecule has 0 saturated heterocycles. The van der Waals surface area contributed by atoms with E-state index in [0.717, 1.165) is 19.4 Å². The molecule has 23 heavy (non-hydrogen) atoms. The number of carbonyl (C=O) groups excluding carboxylic acids is 1. The number of carbonyl (C=O) groups is 1. The van der Waals surface area contributed by atoms with Crippen molar-refractivity contribution in [2.45, 2.75) is 77.6 Å². The van der Waals surface area contributed by atoms with Crippen LogP contribution in [0.2, 0.25) is 0 Å². The minimum atomic E-state index is -0.281. The van der Waals surface area contributed by atoms with Gasteiger partial charge in [-0.3, -0.25) is 0 Å². The first-order valence-corrected chi connectivity index (χ1v) is 10.2. The van der Waals surface area contributed by atoms with Gasteiger partial charge in [-0.1, -0.05) is 64.7 Å². The van der Waals surface area contributed by atoms with E-state index >= 15 is 0 Å². The molecule has 0 aliphatic carbocycles. The van der Waals surface area contributed by atoms with Crippen LogP contribution in [0.5, 0.6) is 0 Å². The average Bonchev–Trinajstić information content (AvgIpc) is 3.06. The Labute approximate surface area is 145 Å². The zero-order chi connectivity index (χ0) is 16.6. The zero-order valence-corrected chi connectivity index (χ0v) is 15.5. The minimum Gasteiger partial charge on any atom is -0.449 e. The molecule has 1 amide bonds. The third kappa shape index (κ3) is 12.1. The van der Waals surface area contributed by atoms with Crippen LogP contribution in [0.4, 0.5) is 4.79 Å². The highest BCUT2D eigenvalue weighted by molar-refractivity contribution is 7.07. The Morgan fingerprint density at radius 1 is 1.04 bits per heavy atom. The molecule has 1 N–H and O–H groups in total. The normalized spacial score (nSPS) is 10.7. The van der Waals surface area contributed by atoms with Gasteiger partial charge in [0.25, 0.3) is 0 Å². The Hall–Kier alpha value is -1.03. The summed E-state index contributed by atoms with van der Waals surface area (Å²) in [6.07, 6.45) is 13.6. The van der Waals surface area contributed by atoms with Crippen LogP contribution < -0.4 is 5.32 Å². The van der Waals surface area contributed by atoms with E-state index in [9.17, 15) is 4.79 Å². The predicted octanol–water partition coefficient (Wildman–Crippen LogP) is 5.94. The van der Waals surface area contributed by atoms with E-state index in [1.807, 2.05) is 5.38 Å². The molecule has 1 heterocycles. The van der Waals surface area contributed by atoms with Gasteiger partial charge in [0.2, 0.25) is 0 Å². The van der Waals surface area contributed by atoms with E-state index in [1.54, 1.807) is 11.3 Å². The molecular formula is C19H33NO2S. The SMILES string of the molecule is CCCCCCCCCCCCNC(=O)OCCc1ccsc1. The minimum absolute atomic E-state index is 0.281. The fraction of sp³-hybridized carbons (Fsp3) is 0.737. The van der Waals surface area contributed by atoms with Crippen LogP contribution in [0.3, 0.4) is 0 Å². The van der Waals surface area contributed by atoms with Crippen molar-refractivity contribution in [2.24, 2.45) is 0 Å². The quantitative estimate of drug-likeness (QED) is 0.426. The van der Waals surface area contributed by atoms with Gasteiger partial charge in [0.05, 0.1) is 6.61 Å². The van der Waals surface area contributed by atoms with Gasteiger partial charge in [-0.05, 0) is 28.8 Å². The Morgan fingerprint density at radius 3 is 2.30 bits per heavy atom. The summed E-state index contributed by atoms with van der Waals surface area (Å²) in [6, 6.07) is 2.07. The number of alkyl carbamates (subject to hydrolysis) is 1. The number of thiophene rings is 1. The molecule has 0 bridgehead atoms. The van der Waals surface area contributed by atoms with Gasteiger partial charge >= 0.3 is 6.09 Å². The second-order valence-corrected chi connectivity index (χ2v) is 6.91. The van der Waals surface area contributed by atoms with E-state index in [0.29, 0.717) is 6.61 Å². The number of rotatable bonds is 14. The summed E-state index contributed by atoms with van der Waals surface area (Å²) in [5.74, 6) is 0. The van der Waals surface area contributed by atoms with Crippen LogP contribution in [-0.2, 0) is 11.2 Å². The fourth-order valence-electron chi connectivity index (χ4n) is 2.55. The Kier molecular flexibility index (Phi) is 12.7. The van der Waals surface area contributed by atoms with Crippen LogP contribution in [0.15, 0.2) is 16.8 Å². The molecule has 0 aliphatic heterocycles. The maximum Gasteiger partial charge on any atom is 0.407 e. The molecule has 1 aromatic heterocycles. The molecule has 132 valence electrons. The zero-order valence-electron chi connectivity index (χ0n) is 14.6. The van der Waals surface area contributed by atoms with Gasteiger partial charge in [-0.15, -0.1) is 0 Å². The monoisotopic (exact) mass is 339 g/mol. The van der Waals surface area contributed by atoms with Crippen molar-refractivity contribution in [1.29, 1.82) is 0 Å². The summed E-state index contributed by atoms with van der Waals surface area (Å²) in [5, 5.41) is 6.96. The van der Waals surface area contributed by atoms with Crippen LogP contribution in [0.1, 0.15) is 76.7 Å². The van der Waals surface area contributed by atoms with Crippen molar-refractivity contribution in [3.8, 4) is 0 Å². The molecule has 0 aromatic carbocycles. The van der Waals surface area contributed by atoms with Crippen LogP contribution in [0.25, 0.3) is 0 Å². The van der Waals surface area contributed by atoms with E-state index in [-0.39, 0.29) is 6.09 Å². The second-order valence-electron chi connectivity index (χ2n) is 6.13. The molecular weight excluding hydrogens is 306 g/mol. The lowest BCUT2D eigenvalue weighted by Gasteiger charge is -2.06. The first-order valence-electron chi connectivity index (χ1n) is 9.24. The second kappa shape index (κ2) is 14.6. The first kappa shape index (κ1) is 20.0. The smallest absolute Gasteiger partial charge is 0.407 e. The molecule has 1 rings (SSSR count). The highest BCUT2D eigenvalue weighted by Crippen LogP contribution is 2.10. The summed E-state index contributed by atoms with van der Waals surface area (Å²) >= 11 is 1.67. The molecule has 0 unspecified atom stereocenters. The van der Waals surface area contributed by atoms with Gasteiger partial charge in [-0.25, -0.2) is 4.79 Å². The van der Waals surface area contributed by atoms with Gasteiger partial charge in [-0.2, -0.15) is 11.3 Å². The fourth-order valence-corrected chi connectivity index (χ4v) is 3.25. The van der Waals surface area contributed by atoms with Crippen molar-refractivity contribution in [2.75, 3.05) is 13.2 Å². The van der Waals surface area contributed by atoms with Crippen molar-refractivity contribution in [3.63, 3.8) is 0 Å². The molecule has 0 radical (unpaired) electrons. The third-order valence-corrected chi connectivity index (χ3v) is 4.74. The molecule has 1 aromatic rings. The van der Waals surface area contributed by atoms with Crippen LogP contribution in [0, 0.1) is 0 Å². The molecule has 0 fully saturated rings. The third-order valence-electron chi connectivity index (χ3n) is 4.00. The number of nitrogens with one attached hydrogen (secondary N) is 1. The predicted molar refractivity (Wildman–Crippen MR) is 99.2 cm³/mol. The highest BCUT2D eigenvalue weighted by atomic mass is 32.1. The molecule has 4 heteroatoms. The number of unbranched alkanes of at least 4 members (excludes halogenated alkanes) is 9. The molecule has 0 spiro atoms. The number of hydrogen-bond donors (Lipinski definition) is 1. The maximum absolute atomic E-state index is 11.5. The first-order chi connectivity index (χ1) is 11.3. The summed E-state index contributed by atoms with van der Waals surface area (Å²) < 4.78 is 5.16. The van der Waals surface area contributed by atoms with Crippen LogP contribution >= 0.6 is 11.3 Å². The largest absolute Gasteiger partial charge is 0.449 e. The molecule has 0 saturated carbocycles. The Balaban J connectivity index is 1.79.